The van der Waals surface area contributed by atoms with Crippen LogP contribution in [0, 0.1) is 13.8 Å². The minimum Gasteiger partial charge on any atom is -0.324 e. The Balaban J connectivity index is 2.13. The molecule has 102 valence electrons. The number of aromatic nitrogens is 3. The molecule has 4 heteroatoms. The summed E-state index contributed by atoms with van der Waals surface area (Å²) in [6.45, 7) is 8.23. The molecule has 0 amide bonds. The maximum atomic E-state index is 6.27. The molecule has 0 aliphatic heterocycles. The number of pyridine rings is 1. The Morgan fingerprint density at radius 1 is 1.21 bits per heavy atom. The lowest BCUT2D eigenvalue weighted by molar-refractivity contribution is 0.522. The summed E-state index contributed by atoms with van der Waals surface area (Å²) in [5.41, 5.74) is 10.4. The summed E-state index contributed by atoms with van der Waals surface area (Å²) in [5, 5.41) is 4.54. The molecule has 0 aliphatic carbocycles. The normalized spacial score (nSPS) is 12.9. The Morgan fingerprint density at radius 2 is 1.95 bits per heavy atom. The molecule has 1 atom stereocenters. The van der Waals surface area contributed by atoms with E-state index in [9.17, 15) is 0 Å². The number of nitrogens with two attached hydrogens (primary N) is 1. The highest BCUT2D eigenvalue weighted by molar-refractivity contribution is 5.26. The Hall–Kier alpha value is -1.68. The van der Waals surface area contributed by atoms with Crippen LogP contribution >= 0.6 is 0 Å². The van der Waals surface area contributed by atoms with E-state index in [1.807, 2.05) is 36.9 Å². The first-order valence-corrected chi connectivity index (χ1v) is 6.71. The van der Waals surface area contributed by atoms with E-state index in [1.54, 1.807) is 0 Å². The molecule has 2 aromatic rings. The highest BCUT2D eigenvalue weighted by Crippen LogP contribution is 2.18. The van der Waals surface area contributed by atoms with Gasteiger partial charge in [-0.1, -0.05) is 6.07 Å². The molecule has 2 aromatic heterocycles. The third kappa shape index (κ3) is 3.20. The number of nitrogens with zero attached hydrogens (tertiary/aromatic N) is 3. The first-order chi connectivity index (χ1) is 8.97. The van der Waals surface area contributed by atoms with Gasteiger partial charge in [-0.3, -0.25) is 9.67 Å². The van der Waals surface area contributed by atoms with Crippen LogP contribution in [0.5, 0.6) is 0 Å². The standard InChI is InChI=1S/C15H22N4/c1-10(2)19-8-7-13(18-19)9-15(16)14-6-5-11(3)17-12(14)4/h5-8,10,15H,9,16H2,1-4H3. The van der Waals surface area contributed by atoms with E-state index in [1.165, 1.54) is 0 Å². The second-order valence-corrected chi connectivity index (χ2v) is 5.32. The number of rotatable bonds is 4. The molecule has 0 aliphatic rings. The van der Waals surface area contributed by atoms with Crippen LogP contribution < -0.4 is 5.73 Å². The second kappa shape index (κ2) is 5.53. The average molecular weight is 258 g/mol. The molecule has 2 N–H and O–H groups in total. The van der Waals surface area contributed by atoms with Gasteiger partial charge in [0.05, 0.1) is 5.69 Å². The minimum atomic E-state index is -0.0522. The van der Waals surface area contributed by atoms with Gasteiger partial charge in [-0.05, 0) is 45.4 Å². The van der Waals surface area contributed by atoms with Gasteiger partial charge in [-0.25, -0.2) is 0 Å². The van der Waals surface area contributed by atoms with Crippen LogP contribution in [0.2, 0.25) is 0 Å². The average Bonchev–Trinajstić information content (AvgIpc) is 2.77. The summed E-state index contributed by atoms with van der Waals surface area (Å²) < 4.78 is 1.96. The van der Waals surface area contributed by atoms with Crippen LogP contribution in [0.1, 0.15) is 48.6 Å². The summed E-state index contributed by atoms with van der Waals surface area (Å²) in [6, 6.07) is 6.45. The maximum Gasteiger partial charge on any atom is 0.0643 e. The summed E-state index contributed by atoms with van der Waals surface area (Å²) in [5.74, 6) is 0. The maximum absolute atomic E-state index is 6.27. The quantitative estimate of drug-likeness (QED) is 0.917. The Labute approximate surface area is 114 Å². The third-order valence-electron chi connectivity index (χ3n) is 3.29. The van der Waals surface area contributed by atoms with Crippen LogP contribution in [0.4, 0.5) is 0 Å². The second-order valence-electron chi connectivity index (χ2n) is 5.32. The summed E-state index contributed by atoms with van der Waals surface area (Å²) in [7, 11) is 0. The van der Waals surface area contributed by atoms with Gasteiger partial charge in [0.25, 0.3) is 0 Å². The van der Waals surface area contributed by atoms with E-state index >= 15 is 0 Å². The minimum absolute atomic E-state index is 0.0522. The number of hydrogen-bond donors (Lipinski definition) is 1. The van der Waals surface area contributed by atoms with E-state index in [2.05, 4.69) is 30.0 Å². The fourth-order valence-electron chi connectivity index (χ4n) is 2.20. The van der Waals surface area contributed by atoms with Crippen molar-refractivity contribution in [3.8, 4) is 0 Å². The molecule has 0 saturated carbocycles. The van der Waals surface area contributed by atoms with Crippen LogP contribution in [-0.4, -0.2) is 14.8 Å². The lowest BCUT2D eigenvalue weighted by atomic mass is 10.0. The van der Waals surface area contributed by atoms with Crippen LogP contribution in [0.3, 0.4) is 0 Å². The largest absolute Gasteiger partial charge is 0.324 e. The van der Waals surface area contributed by atoms with E-state index in [4.69, 9.17) is 5.73 Å². The molecule has 0 aromatic carbocycles. The molecule has 19 heavy (non-hydrogen) atoms. The van der Waals surface area contributed by atoms with Crippen LogP contribution in [0.25, 0.3) is 0 Å². The van der Waals surface area contributed by atoms with E-state index < -0.39 is 0 Å². The zero-order valence-electron chi connectivity index (χ0n) is 12.1. The topological polar surface area (TPSA) is 56.7 Å². The number of hydrogen-bond acceptors (Lipinski definition) is 3. The zero-order chi connectivity index (χ0) is 14.0. The van der Waals surface area contributed by atoms with Crippen molar-refractivity contribution in [3.63, 3.8) is 0 Å². The van der Waals surface area contributed by atoms with Crippen molar-refractivity contribution in [1.82, 2.24) is 14.8 Å². The van der Waals surface area contributed by atoms with Crippen LogP contribution in [0.15, 0.2) is 24.4 Å². The van der Waals surface area contributed by atoms with Gasteiger partial charge in [0, 0.05) is 36.1 Å². The van der Waals surface area contributed by atoms with Crippen molar-refractivity contribution in [1.29, 1.82) is 0 Å². The predicted octanol–water partition coefficient (Wildman–Crippen LogP) is 2.72. The van der Waals surface area contributed by atoms with Crippen molar-refractivity contribution >= 4 is 0 Å². The van der Waals surface area contributed by atoms with Gasteiger partial charge in [0.1, 0.15) is 0 Å². The predicted molar refractivity (Wildman–Crippen MR) is 77.0 cm³/mol. The van der Waals surface area contributed by atoms with Crippen molar-refractivity contribution < 1.29 is 0 Å². The third-order valence-corrected chi connectivity index (χ3v) is 3.29. The summed E-state index contributed by atoms with van der Waals surface area (Å²) >= 11 is 0. The van der Waals surface area contributed by atoms with Gasteiger partial charge < -0.3 is 5.73 Å². The van der Waals surface area contributed by atoms with E-state index in [0.717, 1.165) is 29.1 Å². The Kier molecular flexibility index (Phi) is 4.00. The van der Waals surface area contributed by atoms with Crippen molar-refractivity contribution in [2.24, 2.45) is 5.73 Å². The van der Waals surface area contributed by atoms with Gasteiger partial charge in [0.15, 0.2) is 0 Å². The van der Waals surface area contributed by atoms with Crippen molar-refractivity contribution in [2.45, 2.75) is 46.2 Å². The highest BCUT2D eigenvalue weighted by Gasteiger charge is 2.13. The lowest BCUT2D eigenvalue weighted by Crippen LogP contribution is -2.16. The molecule has 2 heterocycles. The van der Waals surface area contributed by atoms with Crippen LogP contribution in [-0.2, 0) is 6.42 Å². The van der Waals surface area contributed by atoms with Gasteiger partial charge >= 0.3 is 0 Å². The molecular formula is C15H22N4. The van der Waals surface area contributed by atoms with Gasteiger partial charge in [0.2, 0.25) is 0 Å². The molecule has 0 fully saturated rings. The Morgan fingerprint density at radius 3 is 2.53 bits per heavy atom. The first-order valence-electron chi connectivity index (χ1n) is 6.71. The van der Waals surface area contributed by atoms with Crippen molar-refractivity contribution in [2.75, 3.05) is 0 Å². The molecule has 0 bridgehead atoms. The molecule has 0 spiro atoms. The Bertz CT molecular complexity index is 557. The van der Waals surface area contributed by atoms with E-state index in [0.29, 0.717) is 6.04 Å². The summed E-state index contributed by atoms with van der Waals surface area (Å²) in [6.07, 6.45) is 2.75. The fourth-order valence-corrected chi connectivity index (χ4v) is 2.20. The zero-order valence-corrected chi connectivity index (χ0v) is 12.1. The molecular weight excluding hydrogens is 236 g/mol. The van der Waals surface area contributed by atoms with Gasteiger partial charge in [-0.2, -0.15) is 5.10 Å². The fraction of sp³-hybridized carbons (Fsp3) is 0.467. The smallest absolute Gasteiger partial charge is 0.0643 e. The molecule has 1 unspecified atom stereocenters. The first kappa shape index (κ1) is 13.7. The molecule has 0 saturated heterocycles. The van der Waals surface area contributed by atoms with Gasteiger partial charge in [-0.15, -0.1) is 0 Å². The van der Waals surface area contributed by atoms with Crippen molar-refractivity contribution in [3.05, 3.63) is 47.0 Å². The molecule has 4 nitrogen and oxygen atoms in total. The highest BCUT2D eigenvalue weighted by atomic mass is 15.3. The molecule has 2 rings (SSSR count). The number of aryl methyl sites for hydroxylation is 2. The summed E-state index contributed by atoms with van der Waals surface area (Å²) in [4.78, 5) is 4.46. The lowest BCUT2D eigenvalue weighted by Gasteiger charge is -2.13. The molecule has 0 radical (unpaired) electrons. The van der Waals surface area contributed by atoms with E-state index in [-0.39, 0.29) is 6.04 Å². The SMILES string of the molecule is Cc1ccc(C(N)Cc2ccn(C(C)C)n2)c(C)n1. The monoisotopic (exact) mass is 258 g/mol.